The highest BCUT2D eigenvalue weighted by molar-refractivity contribution is 7.99. The summed E-state index contributed by atoms with van der Waals surface area (Å²) in [7, 11) is 1.92. The van der Waals surface area contributed by atoms with Crippen LogP contribution in [-0.2, 0) is 16.6 Å². The molecule has 0 aliphatic carbocycles. The van der Waals surface area contributed by atoms with Crippen LogP contribution in [0.25, 0.3) is 11.4 Å². The maximum Gasteiger partial charge on any atom is 0.230 e. The lowest BCUT2D eigenvalue weighted by Gasteiger charge is -2.08. The van der Waals surface area contributed by atoms with E-state index in [4.69, 9.17) is 4.74 Å². The van der Waals surface area contributed by atoms with Crippen molar-refractivity contribution >= 4 is 17.7 Å². The molecule has 1 aromatic carbocycles. The Bertz CT molecular complexity index is 683. The molecular formula is C18H26N4O2S. The standard InChI is InChI=1S/C18H26N4O2S/c1-13(2)24-11-5-10-19-16(23)12-25-18-21-20-17(22(18)4)15-8-6-14(3)7-9-15/h6-9,13H,5,10-12H2,1-4H3,(H,19,23). The van der Waals surface area contributed by atoms with E-state index in [0.717, 1.165) is 23.0 Å². The van der Waals surface area contributed by atoms with Crippen LogP contribution < -0.4 is 5.32 Å². The molecule has 0 aliphatic heterocycles. The number of thioether (sulfide) groups is 1. The first-order valence-corrected chi connectivity index (χ1v) is 9.43. The Labute approximate surface area is 153 Å². The Morgan fingerprint density at radius 3 is 2.68 bits per heavy atom. The number of hydrogen-bond donors (Lipinski definition) is 1. The van der Waals surface area contributed by atoms with Crippen molar-refractivity contribution in [1.29, 1.82) is 0 Å². The maximum absolute atomic E-state index is 11.9. The van der Waals surface area contributed by atoms with Gasteiger partial charge in [-0.2, -0.15) is 0 Å². The van der Waals surface area contributed by atoms with Gasteiger partial charge in [-0.25, -0.2) is 0 Å². The fraction of sp³-hybridized carbons (Fsp3) is 0.500. The van der Waals surface area contributed by atoms with Gasteiger partial charge in [-0.05, 0) is 27.2 Å². The number of rotatable bonds is 9. The predicted octanol–water partition coefficient (Wildman–Crippen LogP) is 2.81. The van der Waals surface area contributed by atoms with Gasteiger partial charge in [0.15, 0.2) is 11.0 Å². The molecule has 1 N–H and O–H groups in total. The number of aryl methyl sites for hydroxylation is 1. The second kappa shape index (κ2) is 9.58. The lowest BCUT2D eigenvalue weighted by atomic mass is 10.1. The predicted molar refractivity (Wildman–Crippen MR) is 101 cm³/mol. The molecule has 1 aromatic heterocycles. The summed E-state index contributed by atoms with van der Waals surface area (Å²) in [6.45, 7) is 7.34. The highest BCUT2D eigenvalue weighted by atomic mass is 32.2. The van der Waals surface area contributed by atoms with Gasteiger partial charge < -0.3 is 14.6 Å². The van der Waals surface area contributed by atoms with Crippen LogP contribution in [0.2, 0.25) is 0 Å². The zero-order valence-corrected chi connectivity index (χ0v) is 16.1. The van der Waals surface area contributed by atoms with Gasteiger partial charge in [-0.15, -0.1) is 10.2 Å². The Morgan fingerprint density at radius 2 is 2.00 bits per heavy atom. The monoisotopic (exact) mass is 362 g/mol. The minimum atomic E-state index is -0.00515. The number of ether oxygens (including phenoxy) is 1. The Kier molecular flexibility index (Phi) is 7.46. The molecule has 0 spiro atoms. The SMILES string of the molecule is Cc1ccc(-c2nnc(SCC(=O)NCCCOC(C)C)n2C)cc1. The number of carbonyl (C=O) groups excluding carboxylic acids is 1. The maximum atomic E-state index is 11.9. The highest BCUT2D eigenvalue weighted by Gasteiger charge is 2.12. The third-order valence-corrected chi connectivity index (χ3v) is 4.59. The number of nitrogens with one attached hydrogen (secondary N) is 1. The molecule has 0 aliphatic rings. The third kappa shape index (κ3) is 6.17. The van der Waals surface area contributed by atoms with Crippen LogP contribution in [0.1, 0.15) is 25.8 Å². The first kappa shape index (κ1) is 19.5. The van der Waals surface area contributed by atoms with Crippen molar-refractivity contribution in [3.05, 3.63) is 29.8 Å². The second-order valence-electron chi connectivity index (χ2n) is 6.14. The fourth-order valence-electron chi connectivity index (χ4n) is 2.19. The molecule has 136 valence electrons. The average Bonchev–Trinajstić information content (AvgIpc) is 2.94. The van der Waals surface area contributed by atoms with E-state index in [2.05, 4.69) is 22.4 Å². The number of hydrogen-bond acceptors (Lipinski definition) is 5. The van der Waals surface area contributed by atoms with E-state index in [1.54, 1.807) is 0 Å². The van der Waals surface area contributed by atoms with Crippen molar-refractivity contribution < 1.29 is 9.53 Å². The Hall–Kier alpha value is -1.86. The summed E-state index contributed by atoms with van der Waals surface area (Å²) in [5.74, 6) is 1.12. The molecule has 0 saturated carbocycles. The summed E-state index contributed by atoms with van der Waals surface area (Å²) >= 11 is 1.39. The lowest BCUT2D eigenvalue weighted by Crippen LogP contribution is -2.27. The van der Waals surface area contributed by atoms with Crippen molar-refractivity contribution in [3.63, 3.8) is 0 Å². The molecule has 25 heavy (non-hydrogen) atoms. The molecule has 0 saturated heterocycles. The van der Waals surface area contributed by atoms with Crippen LogP contribution in [0.3, 0.4) is 0 Å². The lowest BCUT2D eigenvalue weighted by molar-refractivity contribution is -0.118. The van der Waals surface area contributed by atoms with Crippen LogP contribution in [0.5, 0.6) is 0 Å². The fourth-order valence-corrected chi connectivity index (χ4v) is 2.94. The number of aromatic nitrogens is 3. The Morgan fingerprint density at radius 1 is 1.28 bits per heavy atom. The van der Waals surface area contributed by atoms with Gasteiger partial charge >= 0.3 is 0 Å². The van der Waals surface area contributed by atoms with Crippen LogP contribution in [0, 0.1) is 6.92 Å². The molecule has 0 fully saturated rings. The quantitative estimate of drug-likeness (QED) is 0.549. The van der Waals surface area contributed by atoms with E-state index < -0.39 is 0 Å². The number of nitrogens with zero attached hydrogens (tertiary/aromatic N) is 3. The van der Waals surface area contributed by atoms with Gasteiger partial charge in [0, 0.05) is 25.8 Å². The first-order valence-electron chi connectivity index (χ1n) is 8.45. The first-order chi connectivity index (χ1) is 12.0. The van der Waals surface area contributed by atoms with E-state index in [1.807, 2.05) is 49.7 Å². The van der Waals surface area contributed by atoms with Crippen molar-refractivity contribution in [2.75, 3.05) is 18.9 Å². The van der Waals surface area contributed by atoms with E-state index in [0.29, 0.717) is 18.9 Å². The van der Waals surface area contributed by atoms with Crippen LogP contribution in [-0.4, -0.2) is 45.7 Å². The van der Waals surface area contributed by atoms with E-state index in [9.17, 15) is 4.79 Å². The van der Waals surface area contributed by atoms with E-state index >= 15 is 0 Å². The minimum absolute atomic E-state index is 0.00515. The van der Waals surface area contributed by atoms with Crippen LogP contribution in [0.4, 0.5) is 0 Å². The zero-order valence-electron chi connectivity index (χ0n) is 15.3. The molecule has 2 rings (SSSR count). The summed E-state index contributed by atoms with van der Waals surface area (Å²) in [6.07, 6.45) is 1.04. The molecule has 7 heteroatoms. The zero-order chi connectivity index (χ0) is 18.2. The number of carbonyl (C=O) groups is 1. The smallest absolute Gasteiger partial charge is 0.230 e. The minimum Gasteiger partial charge on any atom is -0.379 e. The largest absolute Gasteiger partial charge is 0.379 e. The topological polar surface area (TPSA) is 69.0 Å². The summed E-state index contributed by atoms with van der Waals surface area (Å²) < 4.78 is 7.36. The summed E-state index contributed by atoms with van der Waals surface area (Å²) in [5, 5.41) is 12.1. The molecule has 1 heterocycles. The third-order valence-electron chi connectivity index (χ3n) is 3.57. The highest BCUT2D eigenvalue weighted by Crippen LogP contribution is 2.22. The van der Waals surface area contributed by atoms with Gasteiger partial charge in [-0.1, -0.05) is 41.6 Å². The molecule has 0 unspecified atom stereocenters. The van der Waals surface area contributed by atoms with Gasteiger partial charge in [0.25, 0.3) is 0 Å². The number of benzene rings is 1. The van der Waals surface area contributed by atoms with E-state index in [-0.39, 0.29) is 12.0 Å². The van der Waals surface area contributed by atoms with Crippen molar-refractivity contribution in [3.8, 4) is 11.4 Å². The normalized spacial score (nSPS) is 11.1. The second-order valence-corrected chi connectivity index (χ2v) is 7.09. The summed E-state index contributed by atoms with van der Waals surface area (Å²) in [5.41, 5.74) is 2.22. The number of amides is 1. The van der Waals surface area contributed by atoms with Gasteiger partial charge in [0.05, 0.1) is 11.9 Å². The molecule has 0 bridgehead atoms. The van der Waals surface area contributed by atoms with E-state index in [1.165, 1.54) is 17.3 Å². The molecule has 6 nitrogen and oxygen atoms in total. The van der Waals surface area contributed by atoms with Crippen molar-refractivity contribution in [2.45, 2.75) is 38.5 Å². The van der Waals surface area contributed by atoms with Gasteiger partial charge in [-0.3, -0.25) is 4.79 Å². The van der Waals surface area contributed by atoms with Gasteiger partial charge in [0.1, 0.15) is 0 Å². The molecule has 0 radical (unpaired) electrons. The van der Waals surface area contributed by atoms with Crippen LogP contribution in [0.15, 0.2) is 29.4 Å². The van der Waals surface area contributed by atoms with Gasteiger partial charge in [0.2, 0.25) is 5.91 Å². The summed E-state index contributed by atoms with van der Waals surface area (Å²) in [4.78, 5) is 11.9. The van der Waals surface area contributed by atoms with Crippen molar-refractivity contribution in [2.24, 2.45) is 7.05 Å². The molecule has 1 amide bonds. The Balaban J connectivity index is 1.79. The average molecular weight is 362 g/mol. The molecule has 2 aromatic rings. The van der Waals surface area contributed by atoms with Crippen LogP contribution >= 0.6 is 11.8 Å². The summed E-state index contributed by atoms with van der Waals surface area (Å²) in [6, 6.07) is 8.15. The molecular weight excluding hydrogens is 336 g/mol. The van der Waals surface area contributed by atoms with Crippen molar-refractivity contribution in [1.82, 2.24) is 20.1 Å². The molecule has 0 atom stereocenters.